The highest BCUT2D eigenvalue weighted by molar-refractivity contribution is 9.10. The molecule has 0 aliphatic rings. The number of rotatable bonds is 7. The Balaban J connectivity index is 1.99. The summed E-state index contributed by atoms with van der Waals surface area (Å²) >= 11 is 3.36. The first-order valence-electron chi connectivity index (χ1n) is 9.18. The molecule has 2 aromatic rings. The Kier molecular flexibility index (Phi) is 8.11. The smallest absolute Gasteiger partial charge is 0.251 e. The molecule has 2 rings (SSSR count). The number of nitrogens with one attached hydrogen (secondary N) is 4. The maximum absolute atomic E-state index is 12.5. The predicted molar refractivity (Wildman–Crippen MR) is 120 cm³/mol. The highest BCUT2D eigenvalue weighted by Gasteiger charge is 2.12. The zero-order valence-corrected chi connectivity index (χ0v) is 18.5. The Hall–Kier alpha value is -3.20. The summed E-state index contributed by atoms with van der Waals surface area (Å²) in [5.74, 6) is -1.27. The van der Waals surface area contributed by atoms with Crippen molar-refractivity contribution in [1.29, 1.82) is 0 Å². The first-order chi connectivity index (χ1) is 14.1. The lowest BCUT2D eigenvalue weighted by molar-refractivity contribution is -0.116. The summed E-state index contributed by atoms with van der Waals surface area (Å²) in [6.45, 7) is 4.70. The number of hydrogen-bond acceptors (Lipinski definition) is 4. The molecule has 0 saturated carbocycles. The molecule has 8 nitrogen and oxygen atoms in total. The number of aryl methyl sites for hydroxylation is 1. The van der Waals surface area contributed by atoms with E-state index in [1.807, 2.05) is 25.1 Å². The van der Waals surface area contributed by atoms with Crippen LogP contribution in [-0.2, 0) is 14.4 Å². The quantitative estimate of drug-likeness (QED) is 0.491. The molecule has 0 radical (unpaired) electrons. The minimum Gasteiger partial charge on any atom is -0.352 e. The van der Waals surface area contributed by atoms with Gasteiger partial charge in [0.2, 0.25) is 17.7 Å². The Labute approximate surface area is 182 Å². The summed E-state index contributed by atoms with van der Waals surface area (Å²) in [7, 11) is 0. The molecule has 4 amide bonds. The highest BCUT2D eigenvalue weighted by atomic mass is 79.9. The first-order valence-corrected chi connectivity index (χ1v) is 9.98. The van der Waals surface area contributed by atoms with Gasteiger partial charge in [-0.2, -0.15) is 0 Å². The number of anilines is 3. The Bertz CT molecular complexity index is 957. The summed E-state index contributed by atoms with van der Waals surface area (Å²) in [6.07, 6.45) is 0.0850. The Morgan fingerprint density at radius 1 is 0.867 bits per heavy atom. The maximum atomic E-state index is 12.5. The average Bonchev–Trinajstić information content (AvgIpc) is 2.63. The molecule has 0 atom stereocenters. The van der Waals surface area contributed by atoms with E-state index in [9.17, 15) is 19.2 Å². The summed E-state index contributed by atoms with van der Waals surface area (Å²) in [6, 6.07) is 10.1. The molecule has 0 bridgehead atoms. The molecule has 0 saturated heterocycles. The van der Waals surface area contributed by atoms with Crippen LogP contribution in [0.25, 0.3) is 0 Å². The number of carbonyl (C=O) groups excluding carboxylic acids is 4. The lowest BCUT2D eigenvalue weighted by Crippen LogP contribution is -2.28. The third-order valence-electron chi connectivity index (χ3n) is 3.95. The first kappa shape index (κ1) is 23.1. The summed E-state index contributed by atoms with van der Waals surface area (Å²) < 4.78 is 0.853. The second-order valence-corrected chi connectivity index (χ2v) is 7.59. The van der Waals surface area contributed by atoms with Crippen LogP contribution in [0.1, 0.15) is 36.2 Å². The van der Waals surface area contributed by atoms with Crippen LogP contribution in [0.15, 0.2) is 40.9 Å². The van der Waals surface area contributed by atoms with Crippen LogP contribution in [0.5, 0.6) is 0 Å². The second-order valence-electron chi connectivity index (χ2n) is 6.67. The molecule has 0 aromatic heterocycles. The molecule has 0 unspecified atom stereocenters. The fraction of sp³-hybridized carbons (Fsp3) is 0.238. The van der Waals surface area contributed by atoms with Crippen LogP contribution in [0.2, 0.25) is 0 Å². The molecule has 2 aromatic carbocycles. The lowest BCUT2D eigenvalue weighted by atomic mass is 10.1. The zero-order chi connectivity index (χ0) is 22.3. The molecule has 4 N–H and O–H groups in total. The monoisotopic (exact) mass is 474 g/mol. The summed E-state index contributed by atoms with van der Waals surface area (Å²) in [5, 5.41) is 10.7. The molecule has 0 aliphatic heterocycles. The molecule has 0 fully saturated rings. The van der Waals surface area contributed by atoms with Crippen LogP contribution >= 0.6 is 15.9 Å². The van der Waals surface area contributed by atoms with Crippen LogP contribution in [0.4, 0.5) is 17.1 Å². The summed E-state index contributed by atoms with van der Waals surface area (Å²) in [4.78, 5) is 47.3. The molecule has 0 heterocycles. The van der Waals surface area contributed by atoms with Gasteiger partial charge in [-0.1, -0.05) is 22.0 Å². The van der Waals surface area contributed by atoms with Gasteiger partial charge >= 0.3 is 0 Å². The van der Waals surface area contributed by atoms with Gasteiger partial charge in [0.05, 0.1) is 0 Å². The van der Waals surface area contributed by atoms with Crippen molar-refractivity contribution in [3.8, 4) is 0 Å². The number of halogens is 1. The fourth-order valence-electron chi connectivity index (χ4n) is 2.64. The number of benzene rings is 2. The third-order valence-corrected chi connectivity index (χ3v) is 4.44. The van der Waals surface area contributed by atoms with E-state index in [-0.39, 0.29) is 36.3 Å². The van der Waals surface area contributed by atoms with Crippen molar-refractivity contribution >= 4 is 56.6 Å². The van der Waals surface area contributed by atoms with Gasteiger partial charge in [-0.05, 0) is 42.8 Å². The largest absolute Gasteiger partial charge is 0.352 e. The Morgan fingerprint density at radius 2 is 1.47 bits per heavy atom. The van der Waals surface area contributed by atoms with E-state index >= 15 is 0 Å². The molecule has 9 heteroatoms. The van der Waals surface area contributed by atoms with Crippen molar-refractivity contribution in [1.82, 2.24) is 5.32 Å². The average molecular weight is 475 g/mol. The van der Waals surface area contributed by atoms with Crippen molar-refractivity contribution in [2.45, 2.75) is 27.2 Å². The molecule has 158 valence electrons. The minimum absolute atomic E-state index is 0.0850. The van der Waals surface area contributed by atoms with Gasteiger partial charge in [0.15, 0.2) is 0 Å². The van der Waals surface area contributed by atoms with Crippen LogP contribution in [0.3, 0.4) is 0 Å². The van der Waals surface area contributed by atoms with E-state index in [4.69, 9.17) is 0 Å². The van der Waals surface area contributed by atoms with Gasteiger partial charge in [0.25, 0.3) is 5.91 Å². The van der Waals surface area contributed by atoms with E-state index < -0.39 is 5.91 Å². The van der Waals surface area contributed by atoms with Crippen LogP contribution in [-0.4, -0.2) is 30.2 Å². The van der Waals surface area contributed by atoms with Gasteiger partial charge in [0, 0.05) is 53.9 Å². The fourth-order valence-corrected chi connectivity index (χ4v) is 3.00. The van der Waals surface area contributed by atoms with Gasteiger partial charge < -0.3 is 21.3 Å². The van der Waals surface area contributed by atoms with Gasteiger partial charge in [-0.25, -0.2) is 0 Å². The predicted octanol–water partition coefficient (Wildman–Crippen LogP) is 3.43. The van der Waals surface area contributed by atoms with Gasteiger partial charge in [0.1, 0.15) is 0 Å². The summed E-state index contributed by atoms with van der Waals surface area (Å²) in [5.41, 5.74) is 2.62. The van der Waals surface area contributed by atoms with Crippen molar-refractivity contribution in [2.75, 3.05) is 22.5 Å². The zero-order valence-electron chi connectivity index (χ0n) is 16.9. The second kappa shape index (κ2) is 10.5. The minimum atomic E-state index is -0.430. The molecule has 0 aliphatic carbocycles. The topological polar surface area (TPSA) is 116 Å². The molecular weight excluding hydrogens is 452 g/mol. The van der Waals surface area contributed by atoms with Gasteiger partial charge in [-0.15, -0.1) is 0 Å². The maximum Gasteiger partial charge on any atom is 0.251 e. The van der Waals surface area contributed by atoms with Crippen molar-refractivity contribution in [3.05, 3.63) is 52.0 Å². The van der Waals surface area contributed by atoms with Crippen molar-refractivity contribution in [3.63, 3.8) is 0 Å². The lowest BCUT2D eigenvalue weighted by Gasteiger charge is -2.12. The van der Waals surface area contributed by atoms with Crippen molar-refractivity contribution in [2.24, 2.45) is 0 Å². The van der Waals surface area contributed by atoms with E-state index in [1.54, 1.807) is 6.07 Å². The van der Waals surface area contributed by atoms with Crippen molar-refractivity contribution < 1.29 is 19.2 Å². The van der Waals surface area contributed by atoms with E-state index in [0.29, 0.717) is 17.1 Å². The molecule has 0 spiro atoms. The normalized spacial score (nSPS) is 10.1. The van der Waals surface area contributed by atoms with E-state index in [1.165, 1.54) is 26.0 Å². The third kappa shape index (κ3) is 7.32. The van der Waals surface area contributed by atoms with Gasteiger partial charge in [-0.3, -0.25) is 19.2 Å². The Morgan fingerprint density at radius 3 is 2.03 bits per heavy atom. The number of amides is 4. The van der Waals surface area contributed by atoms with E-state index in [0.717, 1.165) is 10.0 Å². The van der Waals surface area contributed by atoms with Crippen LogP contribution < -0.4 is 21.3 Å². The molecular formula is C21H23BrN4O4. The number of hydrogen-bond donors (Lipinski definition) is 4. The standard InChI is InChI=1S/C21H23BrN4O4/c1-12-4-5-16(22)10-19(12)26-20(29)6-7-23-21(30)15-8-17(24-13(2)27)11-18(9-15)25-14(3)28/h4-5,8-11H,6-7H2,1-3H3,(H,23,30)(H,24,27)(H,25,28)(H,26,29). The highest BCUT2D eigenvalue weighted by Crippen LogP contribution is 2.21. The number of carbonyl (C=O) groups is 4. The van der Waals surface area contributed by atoms with E-state index in [2.05, 4.69) is 37.2 Å². The van der Waals surface area contributed by atoms with Crippen LogP contribution in [0, 0.1) is 6.92 Å². The molecule has 30 heavy (non-hydrogen) atoms. The SMILES string of the molecule is CC(=O)Nc1cc(NC(C)=O)cc(C(=O)NCCC(=O)Nc2cc(Br)ccc2C)c1.